The lowest BCUT2D eigenvalue weighted by molar-refractivity contribution is 0.180. The summed E-state index contributed by atoms with van der Waals surface area (Å²) in [6.45, 7) is 5.17. The number of rotatable bonds is 2. The molecular weight excluding hydrogens is 217 g/mol. The third-order valence-corrected chi connectivity index (χ3v) is 3.74. The second-order valence-electron chi connectivity index (χ2n) is 5.46. The number of para-hydroxylation sites is 1. The van der Waals surface area contributed by atoms with Crippen molar-refractivity contribution in [2.45, 2.75) is 32.2 Å². The van der Waals surface area contributed by atoms with Gasteiger partial charge in [0.1, 0.15) is 5.82 Å². The first-order valence-corrected chi connectivity index (χ1v) is 6.17. The Morgan fingerprint density at radius 3 is 2.76 bits per heavy atom. The minimum atomic E-state index is -0.181. The Balaban J connectivity index is 2.30. The maximum absolute atomic E-state index is 13.8. The molecule has 94 valence electrons. The fraction of sp³-hybridized carbons (Fsp3) is 0.571. The fourth-order valence-electron chi connectivity index (χ4n) is 2.53. The minimum absolute atomic E-state index is 0.0478. The van der Waals surface area contributed by atoms with Crippen LogP contribution in [-0.4, -0.2) is 23.8 Å². The third kappa shape index (κ3) is 2.44. The molecule has 3 heteroatoms. The lowest BCUT2D eigenvalue weighted by Gasteiger charge is -2.47. The van der Waals surface area contributed by atoms with Crippen molar-refractivity contribution in [1.29, 1.82) is 0 Å². The molecular formula is C14H20FNO. The SMILES string of the molecule is CC1(C)CCC(CO)CN1c1ccccc1F. The van der Waals surface area contributed by atoms with Crippen LogP contribution in [0.3, 0.4) is 0 Å². The van der Waals surface area contributed by atoms with E-state index in [1.165, 1.54) is 6.07 Å². The summed E-state index contributed by atoms with van der Waals surface area (Å²) in [4.78, 5) is 2.09. The van der Waals surface area contributed by atoms with E-state index in [9.17, 15) is 9.50 Å². The molecule has 0 aliphatic carbocycles. The molecule has 0 aromatic heterocycles. The molecule has 1 aromatic carbocycles. The van der Waals surface area contributed by atoms with E-state index in [2.05, 4.69) is 18.7 Å². The molecule has 1 aliphatic heterocycles. The monoisotopic (exact) mass is 237 g/mol. The van der Waals surface area contributed by atoms with Crippen molar-refractivity contribution in [2.24, 2.45) is 5.92 Å². The Morgan fingerprint density at radius 2 is 2.12 bits per heavy atom. The normalized spacial score (nSPS) is 23.8. The Labute approximate surface area is 102 Å². The number of piperidine rings is 1. The van der Waals surface area contributed by atoms with Gasteiger partial charge >= 0.3 is 0 Å². The van der Waals surface area contributed by atoms with Crippen LogP contribution in [0.1, 0.15) is 26.7 Å². The van der Waals surface area contributed by atoms with Gasteiger partial charge in [0, 0.05) is 18.7 Å². The molecule has 0 bridgehead atoms. The van der Waals surface area contributed by atoms with Crippen LogP contribution in [0.25, 0.3) is 0 Å². The standard InChI is InChI=1S/C14H20FNO/c1-14(2)8-7-11(10-17)9-16(14)13-6-4-3-5-12(13)15/h3-6,11,17H,7-10H2,1-2H3. The van der Waals surface area contributed by atoms with Crippen molar-refractivity contribution in [3.05, 3.63) is 30.1 Å². The van der Waals surface area contributed by atoms with Crippen LogP contribution >= 0.6 is 0 Å². The van der Waals surface area contributed by atoms with Gasteiger partial charge in [0.05, 0.1) is 5.69 Å². The fourth-order valence-corrected chi connectivity index (χ4v) is 2.53. The van der Waals surface area contributed by atoms with Gasteiger partial charge in [-0.3, -0.25) is 0 Å². The van der Waals surface area contributed by atoms with Gasteiger partial charge in [0.25, 0.3) is 0 Å². The zero-order valence-electron chi connectivity index (χ0n) is 10.5. The van der Waals surface area contributed by atoms with Gasteiger partial charge in [-0.15, -0.1) is 0 Å². The maximum atomic E-state index is 13.8. The summed E-state index contributed by atoms with van der Waals surface area (Å²) in [5.41, 5.74) is 0.601. The van der Waals surface area contributed by atoms with Gasteiger partial charge < -0.3 is 10.0 Å². The summed E-state index contributed by atoms with van der Waals surface area (Å²) in [5.74, 6) is 0.0711. The highest BCUT2D eigenvalue weighted by Crippen LogP contribution is 2.35. The molecule has 1 atom stereocenters. The van der Waals surface area contributed by atoms with Gasteiger partial charge in [0.2, 0.25) is 0 Å². The van der Waals surface area contributed by atoms with Crippen LogP contribution in [0.2, 0.25) is 0 Å². The van der Waals surface area contributed by atoms with E-state index >= 15 is 0 Å². The number of anilines is 1. The van der Waals surface area contributed by atoms with Crippen molar-refractivity contribution in [2.75, 3.05) is 18.1 Å². The molecule has 0 radical (unpaired) electrons. The lowest BCUT2D eigenvalue weighted by atomic mass is 9.84. The molecule has 1 unspecified atom stereocenters. The number of hydrogen-bond donors (Lipinski definition) is 1. The summed E-state index contributed by atoms with van der Waals surface area (Å²) < 4.78 is 13.8. The second kappa shape index (κ2) is 4.65. The number of aliphatic hydroxyl groups excluding tert-OH is 1. The van der Waals surface area contributed by atoms with Crippen molar-refractivity contribution in [3.63, 3.8) is 0 Å². The number of benzene rings is 1. The highest BCUT2D eigenvalue weighted by molar-refractivity contribution is 5.50. The Hall–Kier alpha value is -1.09. The van der Waals surface area contributed by atoms with Crippen LogP contribution in [0.5, 0.6) is 0 Å². The lowest BCUT2D eigenvalue weighted by Crippen LogP contribution is -2.51. The Kier molecular flexibility index (Phi) is 3.38. The van der Waals surface area contributed by atoms with Crippen molar-refractivity contribution >= 4 is 5.69 Å². The van der Waals surface area contributed by atoms with E-state index in [1.54, 1.807) is 6.07 Å². The predicted molar refractivity (Wildman–Crippen MR) is 67.6 cm³/mol. The molecule has 1 saturated heterocycles. The zero-order valence-corrected chi connectivity index (χ0v) is 10.5. The van der Waals surface area contributed by atoms with Gasteiger partial charge in [0.15, 0.2) is 0 Å². The average molecular weight is 237 g/mol. The summed E-state index contributed by atoms with van der Waals surface area (Å²) in [5, 5.41) is 9.27. The second-order valence-corrected chi connectivity index (χ2v) is 5.46. The van der Waals surface area contributed by atoms with Gasteiger partial charge in [-0.2, -0.15) is 0 Å². The first-order valence-electron chi connectivity index (χ1n) is 6.17. The van der Waals surface area contributed by atoms with Crippen LogP contribution in [0.15, 0.2) is 24.3 Å². The molecule has 1 aliphatic rings. The molecule has 17 heavy (non-hydrogen) atoms. The molecule has 0 saturated carbocycles. The smallest absolute Gasteiger partial charge is 0.146 e. The maximum Gasteiger partial charge on any atom is 0.146 e. The molecule has 0 spiro atoms. The summed E-state index contributed by atoms with van der Waals surface area (Å²) in [6, 6.07) is 6.88. The van der Waals surface area contributed by atoms with Gasteiger partial charge in [-0.25, -0.2) is 4.39 Å². The summed E-state index contributed by atoms with van der Waals surface area (Å²) in [7, 11) is 0. The number of nitrogens with zero attached hydrogens (tertiary/aromatic N) is 1. The van der Waals surface area contributed by atoms with E-state index in [1.807, 2.05) is 12.1 Å². The number of halogens is 1. The zero-order chi connectivity index (χ0) is 12.5. The average Bonchev–Trinajstić information content (AvgIpc) is 2.30. The highest BCUT2D eigenvalue weighted by atomic mass is 19.1. The highest BCUT2D eigenvalue weighted by Gasteiger charge is 2.35. The predicted octanol–water partition coefficient (Wildman–Crippen LogP) is 2.81. The minimum Gasteiger partial charge on any atom is -0.396 e. The van der Waals surface area contributed by atoms with E-state index in [4.69, 9.17) is 0 Å². The van der Waals surface area contributed by atoms with Crippen molar-refractivity contribution < 1.29 is 9.50 Å². The van der Waals surface area contributed by atoms with Crippen molar-refractivity contribution in [1.82, 2.24) is 0 Å². The van der Waals surface area contributed by atoms with Gasteiger partial charge in [-0.1, -0.05) is 12.1 Å². The molecule has 2 nitrogen and oxygen atoms in total. The molecule has 1 fully saturated rings. The van der Waals surface area contributed by atoms with E-state index in [-0.39, 0.29) is 23.9 Å². The van der Waals surface area contributed by atoms with Crippen LogP contribution < -0.4 is 4.90 Å². The van der Waals surface area contributed by atoms with Crippen molar-refractivity contribution in [3.8, 4) is 0 Å². The number of aliphatic hydroxyl groups is 1. The molecule has 1 aromatic rings. The molecule has 0 amide bonds. The van der Waals surface area contributed by atoms with Crippen LogP contribution in [-0.2, 0) is 0 Å². The topological polar surface area (TPSA) is 23.5 Å². The summed E-state index contributed by atoms with van der Waals surface area (Å²) >= 11 is 0. The first kappa shape index (κ1) is 12.4. The van der Waals surface area contributed by atoms with E-state index < -0.39 is 0 Å². The number of hydrogen-bond acceptors (Lipinski definition) is 2. The summed E-state index contributed by atoms with van der Waals surface area (Å²) in [6.07, 6.45) is 1.99. The van der Waals surface area contributed by atoms with Gasteiger partial charge in [-0.05, 0) is 44.7 Å². The molecule has 1 N–H and O–H groups in total. The van der Waals surface area contributed by atoms with Crippen LogP contribution in [0, 0.1) is 11.7 Å². The van der Waals surface area contributed by atoms with Crippen LogP contribution in [0.4, 0.5) is 10.1 Å². The van der Waals surface area contributed by atoms with E-state index in [0.29, 0.717) is 5.69 Å². The first-order chi connectivity index (χ1) is 8.04. The largest absolute Gasteiger partial charge is 0.396 e. The van der Waals surface area contributed by atoms with E-state index in [0.717, 1.165) is 19.4 Å². The molecule has 1 heterocycles. The molecule has 2 rings (SSSR count). The Morgan fingerprint density at radius 1 is 1.41 bits per heavy atom. The quantitative estimate of drug-likeness (QED) is 0.855. The third-order valence-electron chi connectivity index (χ3n) is 3.74. The Bertz CT molecular complexity index is 392.